The van der Waals surface area contributed by atoms with E-state index in [0.29, 0.717) is 6.04 Å². The highest BCUT2D eigenvalue weighted by Crippen LogP contribution is 2.22. The van der Waals surface area contributed by atoms with Gasteiger partial charge in [-0.1, -0.05) is 15.9 Å². The van der Waals surface area contributed by atoms with Gasteiger partial charge in [0.05, 0.1) is 12.0 Å². The summed E-state index contributed by atoms with van der Waals surface area (Å²) in [6.45, 7) is 3.07. The molecule has 1 N–H and O–H groups in total. The molecule has 0 bridgehead atoms. The molecule has 2 heterocycles. The quantitative estimate of drug-likeness (QED) is 0.932. The van der Waals surface area contributed by atoms with Crippen molar-refractivity contribution < 1.29 is 0 Å². The maximum Gasteiger partial charge on any atom is 0.0945 e. The molecule has 0 unspecified atom stereocenters. The molecule has 5 heteroatoms. The first kappa shape index (κ1) is 13.6. The van der Waals surface area contributed by atoms with Crippen LogP contribution in [-0.4, -0.2) is 28.7 Å². The molecule has 4 nitrogen and oxygen atoms in total. The van der Waals surface area contributed by atoms with Gasteiger partial charge in [-0.25, -0.2) is 4.98 Å². The number of benzene rings is 1. The fraction of sp³-hybridized carbons (Fsp3) is 0.400. The van der Waals surface area contributed by atoms with Gasteiger partial charge in [0.25, 0.3) is 0 Å². The summed E-state index contributed by atoms with van der Waals surface area (Å²) >= 11 is 3.48. The average molecular weight is 335 g/mol. The van der Waals surface area contributed by atoms with Gasteiger partial charge in [0.2, 0.25) is 0 Å². The Labute approximate surface area is 127 Å². The van der Waals surface area contributed by atoms with Crippen molar-refractivity contribution in [3.63, 3.8) is 0 Å². The van der Waals surface area contributed by atoms with Gasteiger partial charge in [-0.05, 0) is 30.7 Å². The van der Waals surface area contributed by atoms with E-state index in [-0.39, 0.29) is 0 Å². The summed E-state index contributed by atoms with van der Waals surface area (Å²) in [4.78, 5) is 6.58. The molecule has 0 amide bonds. The van der Waals surface area contributed by atoms with Crippen LogP contribution in [0.15, 0.2) is 41.3 Å². The highest BCUT2D eigenvalue weighted by molar-refractivity contribution is 9.10. The Morgan fingerprint density at radius 1 is 1.35 bits per heavy atom. The van der Waals surface area contributed by atoms with Crippen LogP contribution in [0.1, 0.15) is 12.1 Å². The van der Waals surface area contributed by atoms with E-state index in [1.54, 1.807) is 0 Å². The Balaban J connectivity index is 1.54. The third-order valence-corrected chi connectivity index (χ3v) is 4.40. The van der Waals surface area contributed by atoms with Crippen molar-refractivity contribution >= 4 is 21.6 Å². The van der Waals surface area contributed by atoms with Crippen LogP contribution in [0.25, 0.3) is 0 Å². The Kier molecular flexibility index (Phi) is 4.08. The fourth-order valence-corrected chi connectivity index (χ4v) is 2.88. The number of anilines is 1. The predicted molar refractivity (Wildman–Crippen MR) is 84.8 cm³/mol. The van der Waals surface area contributed by atoms with Crippen molar-refractivity contribution in [1.82, 2.24) is 14.9 Å². The summed E-state index contributed by atoms with van der Waals surface area (Å²) in [5, 5.41) is 3.62. The van der Waals surface area contributed by atoms with Gasteiger partial charge in [-0.3, -0.25) is 0 Å². The smallest absolute Gasteiger partial charge is 0.0945 e. The zero-order valence-corrected chi connectivity index (χ0v) is 13.2. The van der Waals surface area contributed by atoms with Gasteiger partial charge in [0.15, 0.2) is 0 Å². The molecule has 2 aromatic rings. The first-order chi connectivity index (χ1) is 9.72. The maximum absolute atomic E-state index is 4.15. The van der Waals surface area contributed by atoms with Crippen molar-refractivity contribution in [3.05, 3.63) is 47.0 Å². The monoisotopic (exact) mass is 334 g/mol. The summed E-state index contributed by atoms with van der Waals surface area (Å²) in [6.07, 6.45) is 4.96. The standard InChI is InChI=1S/C15H19BrN4/c1-19-11-17-8-15(19)9-18-13-6-7-20(10-13)14-4-2-12(16)3-5-14/h2-5,8,11,13,18H,6-7,9-10H2,1H3/t13-/m1/s1. The first-order valence-electron chi connectivity index (χ1n) is 6.91. The van der Waals surface area contributed by atoms with E-state index in [2.05, 4.69) is 60.0 Å². The third kappa shape index (κ3) is 3.04. The molecule has 0 saturated carbocycles. The largest absolute Gasteiger partial charge is 0.370 e. The molecule has 0 radical (unpaired) electrons. The first-order valence-corrected chi connectivity index (χ1v) is 7.71. The number of rotatable bonds is 4. The minimum atomic E-state index is 0.550. The second-order valence-corrected chi connectivity index (χ2v) is 6.20. The molecule has 0 aliphatic carbocycles. The molecule has 1 aromatic carbocycles. The molecule has 1 aliphatic rings. The Bertz CT molecular complexity index is 564. The summed E-state index contributed by atoms with van der Waals surface area (Å²) in [7, 11) is 2.03. The van der Waals surface area contributed by atoms with Crippen LogP contribution in [0.3, 0.4) is 0 Å². The number of aryl methyl sites for hydroxylation is 1. The Morgan fingerprint density at radius 3 is 2.85 bits per heavy atom. The summed E-state index contributed by atoms with van der Waals surface area (Å²) in [5.41, 5.74) is 2.53. The second kappa shape index (κ2) is 5.97. The van der Waals surface area contributed by atoms with E-state index in [9.17, 15) is 0 Å². The number of halogens is 1. The van der Waals surface area contributed by atoms with E-state index < -0.39 is 0 Å². The van der Waals surface area contributed by atoms with Gasteiger partial charge in [-0.2, -0.15) is 0 Å². The summed E-state index contributed by atoms with van der Waals surface area (Å²) in [6, 6.07) is 9.10. The third-order valence-electron chi connectivity index (χ3n) is 3.87. The molecule has 3 rings (SSSR count). The van der Waals surface area contributed by atoms with Crippen molar-refractivity contribution in [2.45, 2.75) is 19.0 Å². The number of nitrogens with one attached hydrogen (secondary N) is 1. The number of hydrogen-bond donors (Lipinski definition) is 1. The highest BCUT2D eigenvalue weighted by Gasteiger charge is 2.22. The molecular weight excluding hydrogens is 316 g/mol. The zero-order valence-electron chi connectivity index (χ0n) is 11.6. The van der Waals surface area contributed by atoms with E-state index >= 15 is 0 Å². The zero-order chi connectivity index (χ0) is 13.9. The Morgan fingerprint density at radius 2 is 2.15 bits per heavy atom. The van der Waals surface area contributed by atoms with Gasteiger partial charge in [-0.15, -0.1) is 0 Å². The van der Waals surface area contributed by atoms with E-state index in [4.69, 9.17) is 0 Å². The van der Waals surface area contributed by atoms with Crippen LogP contribution < -0.4 is 10.2 Å². The van der Waals surface area contributed by atoms with Crippen molar-refractivity contribution in [1.29, 1.82) is 0 Å². The minimum absolute atomic E-state index is 0.550. The topological polar surface area (TPSA) is 33.1 Å². The van der Waals surface area contributed by atoms with Gasteiger partial charge < -0.3 is 14.8 Å². The molecule has 106 valence electrons. The molecule has 1 atom stereocenters. The predicted octanol–water partition coefficient (Wildman–Crippen LogP) is 2.55. The maximum atomic E-state index is 4.15. The summed E-state index contributed by atoms with van der Waals surface area (Å²) in [5.74, 6) is 0. The minimum Gasteiger partial charge on any atom is -0.370 e. The molecule has 1 aliphatic heterocycles. The van der Waals surface area contributed by atoms with Crippen molar-refractivity contribution in [2.24, 2.45) is 7.05 Å². The van der Waals surface area contributed by atoms with E-state index in [1.807, 2.05) is 19.6 Å². The van der Waals surface area contributed by atoms with Crippen molar-refractivity contribution in [3.8, 4) is 0 Å². The molecule has 1 aromatic heterocycles. The lowest BCUT2D eigenvalue weighted by Gasteiger charge is -2.19. The van der Waals surface area contributed by atoms with E-state index in [1.165, 1.54) is 17.8 Å². The van der Waals surface area contributed by atoms with Gasteiger partial charge >= 0.3 is 0 Å². The highest BCUT2D eigenvalue weighted by atomic mass is 79.9. The van der Waals surface area contributed by atoms with Gasteiger partial charge in [0, 0.05) is 49.1 Å². The molecule has 1 saturated heterocycles. The number of imidazole rings is 1. The van der Waals surface area contributed by atoms with Crippen LogP contribution >= 0.6 is 15.9 Å². The van der Waals surface area contributed by atoms with E-state index in [0.717, 1.165) is 24.1 Å². The number of aromatic nitrogens is 2. The van der Waals surface area contributed by atoms with Crippen LogP contribution in [0.5, 0.6) is 0 Å². The lowest BCUT2D eigenvalue weighted by molar-refractivity contribution is 0.538. The van der Waals surface area contributed by atoms with Gasteiger partial charge in [0.1, 0.15) is 0 Å². The summed E-state index contributed by atoms with van der Waals surface area (Å²) < 4.78 is 3.19. The second-order valence-electron chi connectivity index (χ2n) is 5.28. The van der Waals surface area contributed by atoms with Crippen LogP contribution in [0.4, 0.5) is 5.69 Å². The Hall–Kier alpha value is -1.33. The average Bonchev–Trinajstić information content (AvgIpc) is 3.06. The number of hydrogen-bond acceptors (Lipinski definition) is 3. The van der Waals surface area contributed by atoms with Crippen molar-refractivity contribution in [2.75, 3.05) is 18.0 Å². The number of nitrogens with zero attached hydrogens (tertiary/aromatic N) is 3. The molecule has 1 fully saturated rings. The molecular formula is C15H19BrN4. The molecule has 0 spiro atoms. The SMILES string of the molecule is Cn1cncc1CN[C@@H]1CCN(c2ccc(Br)cc2)C1. The van der Waals surface area contributed by atoms with Crippen LogP contribution in [-0.2, 0) is 13.6 Å². The van der Waals surface area contributed by atoms with Crippen LogP contribution in [0, 0.1) is 0 Å². The van der Waals surface area contributed by atoms with Crippen LogP contribution in [0.2, 0.25) is 0 Å². The molecule has 20 heavy (non-hydrogen) atoms. The lowest BCUT2D eigenvalue weighted by atomic mass is 10.2. The fourth-order valence-electron chi connectivity index (χ4n) is 2.62. The lowest BCUT2D eigenvalue weighted by Crippen LogP contribution is -2.32. The normalized spacial score (nSPS) is 18.7.